The number of hydrogen-bond donors (Lipinski definition) is 1. The van der Waals surface area contributed by atoms with Gasteiger partial charge in [-0.1, -0.05) is 42.5 Å². The van der Waals surface area contributed by atoms with Crippen molar-refractivity contribution in [1.29, 1.82) is 5.26 Å². The highest BCUT2D eigenvalue weighted by atomic mass is 16.5. The van der Waals surface area contributed by atoms with Gasteiger partial charge in [-0.05, 0) is 42.0 Å². The minimum Gasteiger partial charge on any atom is -0.465 e. The summed E-state index contributed by atoms with van der Waals surface area (Å²) in [5.74, 6) is 0.184. The summed E-state index contributed by atoms with van der Waals surface area (Å²) in [6.07, 6.45) is 3.89. The second-order valence-corrected chi connectivity index (χ2v) is 7.69. The number of benzene rings is 3. The lowest BCUT2D eigenvalue weighted by Crippen LogP contribution is -2.03. The summed E-state index contributed by atoms with van der Waals surface area (Å²) >= 11 is 0. The molecule has 0 saturated heterocycles. The van der Waals surface area contributed by atoms with E-state index in [4.69, 9.17) is 4.74 Å². The first kappa shape index (κ1) is 20.3. The Morgan fingerprint density at radius 3 is 2.76 bits per heavy atom. The van der Waals surface area contributed by atoms with E-state index < -0.39 is 0 Å². The Morgan fingerprint density at radius 2 is 1.94 bits per heavy atom. The van der Waals surface area contributed by atoms with Crippen molar-refractivity contribution in [2.45, 2.75) is 6.54 Å². The summed E-state index contributed by atoms with van der Waals surface area (Å²) in [4.78, 5) is 19.7. The van der Waals surface area contributed by atoms with Gasteiger partial charge < -0.3 is 14.3 Å². The van der Waals surface area contributed by atoms with Gasteiger partial charge in [-0.25, -0.2) is 9.78 Å². The van der Waals surface area contributed by atoms with Crippen molar-refractivity contribution in [2.24, 2.45) is 0 Å². The Labute approximate surface area is 190 Å². The van der Waals surface area contributed by atoms with Crippen LogP contribution in [0.2, 0.25) is 0 Å². The van der Waals surface area contributed by atoms with Crippen molar-refractivity contribution in [3.8, 4) is 6.07 Å². The van der Waals surface area contributed by atoms with Crippen LogP contribution < -0.4 is 0 Å². The topological polar surface area (TPSA) is 83.7 Å². The third-order valence-corrected chi connectivity index (χ3v) is 5.59. The number of imidazole rings is 1. The molecule has 1 N–H and O–H groups in total. The van der Waals surface area contributed by atoms with E-state index in [2.05, 4.69) is 20.6 Å². The van der Waals surface area contributed by atoms with Gasteiger partial charge in [0.05, 0.1) is 29.3 Å². The Bertz CT molecular complexity index is 1530. The zero-order valence-corrected chi connectivity index (χ0v) is 17.9. The molecule has 0 saturated carbocycles. The first-order chi connectivity index (χ1) is 16.2. The highest BCUT2D eigenvalue weighted by molar-refractivity contribution is 5.98. The fraction of sp³-hybridized carbons (Fsp3) is 0.0741. The predicted molar refractivity (Wildman–Crippen MR) is 128 cm³/mol. The Hall–Kier alpha value is -4.63. The fourth-order valence-electron chi connectivity index (χ4n) is 4.02. The number of para-hydroxylation sites is 3. The smallest absolute Gasteiger partial charge is 0.337 e. The number of hydrogen-bond acceptors (Lipinski definition) is 4. The van der Waals surface area contributed by atoms with Crippen LogP contribution in [-0.4, -0.2) is 27.6 Å². The largest absolute Gasteiger partial charge is 0.465 e. The van der Waals surface area contributed by atoms with E-state index >= 15 is 0 Å². The van der Waals surface area contributed by atoms with Crippen molar-refractivity contribution in [1.82, 2.24) is 14.5 Å². The molecule has 6 heteroatoms. The normalized spacial score (nSPS) is 11.6. The molecule has 0 aliphatic heterocycles. The molecule has 0 radical (unpaired) electrons. The standard InChI is InChI=1S/C27H20N4O2/c1-33-27(32)19-8-6-7-18(13-19)16-31-17-21(22-9-2-5-12-25(22)31)14-20(15-28)26-29-23-10-3-4-11-24(23)30-26/h2-14,17H,16H2,1H3,(H,29,30). The first-order valence-corrected chi connectivity index (χ1v) is 10.5. The van der Waals surface area contributed by atoms with E-state index in [0.717, 1.165) is 33.1 Å². The number of carbonyl (C=O) groups is 1. The summed E-state index contributed by atoms with van der Waals surface area (Å²) in [6.45, 7) is 0.575. The van der Waals surface area contributed by atoms with Gasteiger partial charge in [0.2, 0.25) is 0 Å². The highest BCUT2D eigenvalue weighted by Gasteiger charge is 2.12. The quantitative estimate of drug-likeness (QED) is 0.297. The number of methoxy groups -OCH3 is 1. The van der Waals surface area contributed by atoms with E-state index in [1.54, 1.807) is 6.07 Å². The first-order valence-electron chi connectivity index (χ1n) is 10.5. The van der Waals surface area contributed by atoms with Gasteiger partial charge >= 0.3 is 5.97 Å². The highest BCUT2D eigenvalue weighted by Crippen LogP contribution is 2.27. The molecule has 5 aromatic rings. The lowest BCUT2D eigenvalue weighted by atomic mass is 10.1. The van der Waals surface area contributed by atoms with E-state index in [1.165, 1.54) is 7.11 Å². The van der Waals surface area contributed by atoms with E-state index in [1.807, 2.05) is 79.0 Å². The fourth-order valence-corrected chi connectivity index (χ4v) is 4.02. The molecule has 0 aliphatic rings. The summed E-state index contributed by atoms with van der Waals surface area (Å²) in [5.41, 5.74) is 5.63. The van der Waals surface area contributed by atoms with Crippen molar-refractivity contribution >= 4 is 39.6 Å². The van der Waals surface area contributed by atoms with Crippen LogP contribution in [0.25, 0.3) is 33.6 Å². The molecule has 33 heavy (non-hydrogen) atoms. The SMILES string of the molecule is COC(=O)c1cccc(Cn2cc(C=C(C#N)c3nc4ccccc4[nH]3)c3ccccc32)c1. The van der Waals surface area contributed by atoms with Crippen molar-refractivity contribution in [3.63, 3.8) is 0 Å². The molecule has 3 aromatic carbocycles. The number of aromatic amines is 1. The summed E-state index contributed by atoms with van der Waals surface area (Å²) < 4.78 is 6.96. The van der Waals surface area contributed by atoms with Crippen LogP contribution in [0.5, 0.6) is 0 Å². The molecular formula is C27H20N4O2. The van der Waals surface area contributed by atoms with Crippen LogP contribution in [0, 0.1) is 11.3 Å². The van der Waals surface area contributed by atoms with Gasteiger partial charge in [0.1, 0.15) is 11.9 Å². The van der Waals surface area contributed by atoms with Crippen LogP contribution in [0.1, 0.15) is 27.3 Å². The molecule has 0 spiro atoms. The molecular weight excluding hydrogens is 412 g/mol. The third-order valence-electron chi connectivity index (χ3n) is 5.59. The van der Waals surface area contributed by atoms with Crippen LogP contribution in [-0.2, 0) is 11.3 Å². The van der Waals surface area contributed by atoms with Crippen molar-refractivity contribution in [3.05, 3.63) is 102 Å². The number of esters is 1. The monoisotopic (exact) mass is 432 g/mol. The van der Waals surface area contributed by atoms with Crippen molar-refractivity contribution < 1.29 is 9.53 Å². The Kier molecular flexibility index (Phi) is 5.21. The maximum Gasteiger partial charge on any atom is 0.337 e. The molecule has 6 nitrogen and oxygen atoms in total. The van der Waals surface area contributed by atoms with Crippen LogP contribution in [0.4, 0.5) is 0 Å². The molecule has 0 amide bonds. The molecule has 2 heterocycles. The van der Waals surface area contributed by atoms with Gasteiger partial charge in [-0.3, -0.25) is 0 Å². The van der Waals surface area contributed by atoms with E-state index in [0.29, 0.717) is 23.5 Å². The van der Waals surface area contributed by atoms with E-state index in [9.17, 15) is 10.1 Å². The number of nitrogens with one attached hydrogen (secondary N) is 1. The zero-order valence-electron chi connectivity index (χ0n) is 17.9. The van der Waals surface area contributed by atoms with Gasteiger partial charge in [0.25, 0.3) is 0 Å². The second-order valence-electron chi connectivity index (χ2n) is 7.69. The number of aromatic nitrogens is 3. The van der Waals surface area contributed by atoms with Crippen LogP contribution in [0.15, 0.2) is 79.0 Å². The number of H-pyrrole nitrogens is 1. The second kappa shape index (κ2) is 8.48. The Morgan fingerprint density at radius 1 is 1.12 bits per heavy atom. The van der Waals surface area contributed by atoms with Gasteiger partial charge in [0.15, 0.2) is 0 Å². The van der Waals surface area contributed by atoms with Crippen LogP contribution >= 0.6 is 0 Å². The van der Waals surface area contributed by atoms with Gasteiger partial charge in [-0.2, -0.15) is 5.26 Å². The number of nitriles is 1. The van der Waals surface area contributed by atoms with Crippen LogP contribution in [0.3, 0.4) is 0 Å². The minimum absolute atomic E-state index is 0.359. The minimum atomic E-state index is -0.359. The van der Waals surface area contributed by atoms with Gasteiger partial charge in [-0.15, -0.1) is 0 Å². The number of fused-ring (bicyclic) bond motifs is 2. The molecule has 5 rings (SSSR count). The zero-order chi connectivity index (χ0) is 22.8. The average molecular weight is 432 g/mol. The molecule has 0 atom stereocenters. The summed E-state index contributed by atoms with van der Waals surface area (Å²) in [6, 6.07) is 25.5. The molecule has 0 unspecified atom stereocenters. The number of ether oxygens (including phenoxy) is 1. The van der Waals surface area contributed by atoms with Crippen molar-refractivity contribution in [2.75, 3.05) is 7.11 Å². The number of allylic oxidation sites excluding steroid dienone is 1. The third kappa shape index (κ3) is 3.88. The molecule has 160 valence electrons. The molecule has 0 fully saturated rings. The maximum atomic E-state index is 11.9. The predicted octanol–water partition coefficient (Wildman–Crippen LogP) is 5.42. The summed E-state index contributed by atoms with van der Waals surface area (Å²) in [7, 11) is 1.38. The van der Waals surface area contributed by atoms with E-state index in [-0.39, 0.29) is 5.97 Å². The number of nitrogens with zero attached hydrogens (tertiary/aromatic N) is 3. The maximum absolute atomic E-state index is 11.9. The van der Waals surface area contributed by atoms with Gasteiger partial charge in [0, 0.05) is 29.2 Å². The Balaban J connectivity index is 1.56. The molecule has 2 aromatic heterocycles. The lowest BCUT2D eigenvalue weighted by Gasteiger charge is -2.07. The molecule has 0 aliphatic carbocycles. The lowest BCUT2D eigenvalue weighted by molar-refractivity contribution is 0.0600. The molecule has 0 bridgehead atoms. The summed E-state index contributed by atoms with van der Waals surface area (Å²) in [5, 5.41) is 10.9. The number of rotatable bonds is 5. The average Bonchev–Trinajstić information content (AvgIpc) is 3.44. The number of carbonyl (C=O) groups excluding carboxylic acids is 1.